The quantitative estimate of drug-likeness (QED) is 0.543. The highest BCUT2D eigenvalue weighted by atomic mass is 79.9. The number of nitrogens with zero attached hydrogens (tertiary/aromatic N) is 1. The molecule has 24 heavy (non-hydrogen) atoms. The van der Waals surface area contributed by atoms with Crippen molar-refractivity contribution >= 4 is 15.9 Å². The summed E-state index contributed by atoms with van der Waals surface area (Å²) in [6.07, 6.45) is 1.72. The first-order valence-electron chi connectivity index (χ1n) is 7.97. The van der Waals surface area contributed by atoms with E-state index in [0.29, 0.717) is 5.89 Å². The van der Waals surface area contributed by atoms with Gasteiger partial charge in [-0.2, -0.15) is 0 Å². The number of ether oxygens (including phenoxy) is 1. The van der Waals surface area contributed by atoms with Gasteiger partial charge in [-0.15, -0.1) is 0 Å². The largest absolute Gasteiger partial charge is 0.441 e. The summed E-state index contributed by atoms with van der Waals surface area (Å²) >= 11 is 3.46. The molecule has 1 heterocycles. The number of aromatic nitrogens is 1. The van der Waals surface area contributed by atoms with Crippen LogP contribution in [0.5, 0.6) is 0 Å². The van der Waals surface area contributed by atoms with Crippen LogP contribution in [0.2, 0.25) is 0 Å². The molecule has 124 valence electrons. The van der Waals surface area contributed by atoms with Gasteiger partial charge in [0.2, 0.25) is 5.89 Å². The molecule has 1 atom stereocenters. The highest BCUT2D eigenvalue weighted by Crippen LogP contribution is 2.29. The van der Waals surface area contributed by atoms with Gasteiger partial charge in [0.05, 0.1) is 0 Å². The van der Waals surface area contributed by atoms with E-state index in [4.69, 9.17) is 9.15 Å². The first-order chi connectivity index (χ1) is 11.7. The maximum Gasteiger partial charge on any atom is 0.226 e. The first kappa shape index (κ1) is 16.9. The Morgan fingerprint density at radius 3 is 2.46 bits per heavy atom. The normalized spacial score (nSPS) is 12.3. The molecule has 4 heteroatoms. The summed E-state index contributed by atoms with van der Waals surface area (Å²) in [5.41, 5.74) is 3.15. The Balaban J connectivity index is 1.76. The van der Waals surface area contributed by atoms with E-state index in [-0.39, 0.29) is 6.10 Å². The van der Waals surface area contributed by atoms with Gasteiger partial charge in [0, 0.05) is 17.1 Å². The third-order valence-corrected chi connectivity index (χ3v) is 4.58. The molecular formula is C20H20BrNO2. The number of oxazole rings is 1. The monoisotopic (exact) mass is 385 g/mol. The fraction of sp³-hybridized carbons (Fsp3) is 0.250. The number of benzene rings is 2. The summed E-state index contributed by atoms with van der Waals surface area (Å²) in [5.74, 6) is 1.46. The maximum absolute atomic E-state index is 5.85. The first-order valence-corrected chi connectivity index (χ1v) is 8.76. The van der Waals surface area contributed by atoms with Crippen LogP contribution in [0.1, 0.15) is 29.5 Å². The van der Waals surface area contributed by atoms with Crippen LogP contribution in [-0.2, 0) is 11.2 Å². The van der Waals surface area contributed by atoms with Crippen molar-refractivity contribution < 1.29 is 9.15 Å². The van der Waals surface area contributed by atoms with Gasteiger partial charge in [-0.3, -0.25) is 0 Å². The lowest BCUT2D eigenvalue weighted by atomic mass is 10.0. The Bertz CT molecular complexity index is 781. The van der Waals surface area contributed by atoms with Crippen LogP contribution < -0.4 is 0 Å². The van der Waals surface area contributed by atoms with Crippen LogP contribution in [0.4, 0.5) is 0 Å². The zero-order valence-electron chi connectivity index (χ0n) is 13.8. The van der Waals surface area contributed by atoms with Gasteiger partial charge in [0.15, 0.2) is 0 Å². The fourth-order valence-corrected chi connectivity index (χ4v) is 2.99. The van der Waals surface area contributed by atoms with Gasteiger partial charge in [-0.1, -0.05) is 46.3 Å². The van der Waals surface area contributed by atoms with Crippen molar-refractivity contribution in [1.82, 2.24) is 4.98 Å². The Morgan fingerprint density at radius 2 is 1.79 bits per heavy atom. The van der Waals surface area contributed by atoms with E-state index >= 15 is 0 Å². The molecule has 0 unspecified atom stereocenters. The Morgan fingerprint density at radius 1 is 1.08 bits per heavy atom. The smallest absolute Gasteiger partial charge is 0.226 e. The lowest BCUT2D eigenvalue weighted by Crippen LogP contribution is -2.05. The van der Waals surface area contributed by atoms with E-state index < -0.39 is 0 Å². The molecule has 0 spiro atoms. The predicted molar refractivity (Wildman–Crippen MR) is 98.9 cm³/mol. The van der Waals surface area contributed by atoms with Crippen LogP contribution in [0.3, 0.4) is 0 Å². The number of halogens is 1. The predicted octanol–water partition coefficient (Wildman–Crippen LogP) is 5.73. The summed E-state index contributed by atoms with van der Waals surface area (Å²) in [5, 5.41) is 0. The molecule has 0 fully saturated rings. The zero-order chi connectivity index (χ0) is 16.9. The van der Waals surface area contributed by atoms with Crippen molar-refractivity contribution in [1.29, 1.82) is 0 Å². The molecule has 0 amide bonds. The van der Waals surface area contributed by atoms with E-state index in [1.807, 2.05) is 37.3 Å². The molecule has 0 saturated heterocycles. The van der Waals surface area contributed by atoms with Crippen LogP contribution >= 0.6 is 15.9 Å². The minimum atomic E-state index is -0.0742. The van der Waals surface area contributed by atoms with Crippen LogP contribution in [0.15, 0.2) is 63.5 Å². The van der Waals surface area contributed by atoms with E-state index in [0.717, 1.165) is 34.3 Å². The summed E-state index contributed by atoms with van der Waals surface area (Å²) in [6.45, 7) is 1.94. The van der Waals surface area contributed by atoms with Gasteiger partial charge in [-0.05, 0) is 49.6 Å². The molecule has 0 aliphatic rings. The van der Waals surface area contributed by atoms with E-state index in [1.54, 1.807) is 7.11 Å². The molecule has 0 N–H and O–H groups in total. The fourth-order valence-electron chi connectivity index (χ4n) is 2.73. The van der Waals surface area contributed by atoms with Crippen molar-refractivity contribution in [2.75, 3.05) is 7.11 Å². The number of hydrogen-bond acceptors (Lipinski definition) is 3. The third kappa shape index (κ3) is 3.94. The summed E-state index contributed by atoms with van der Waals surface area (Å²) in [4.78, 5) is 4.68. The van der Waals surface area contributed by atoms with E-state index in [9.17, 15) is 0 Å². The molecule has 0 saturated carbocycles. The average Bonchev–Trinajstić information content (AvgIpc) is 3.00. The lowest BCUT2D eigenvalue weighted by Gasteiger charge is -2.13. The van der Waals surface area contributed by atoms with Crippen molar-refractivity contribution in [2.24, 2.45) is 0 Å². The number of aryl methyl sites for hydroxylation is 2. The zero-order valence-corrected chi connectivity index (χ0v) is 15.4. The SMILES string of the molecule is CO[C@@H](CCc1ccc(Br)cc1)c1nc(-c2ccccc2)oc1C. The highest BCUT2D eigenvalue weighted by molar-refractivity contribution is 9.10. The highest BCUT2D eigenvalue weighted by Gasteiger charge is 2.20. The van der Waals surface area contributed by atoms with Gasteiger partial charge in [0.1, 0.15) is 17.6 Å². The molecule has 1 aromatic heterocycles. The van der Waals surface area contributed by atoms with Gasteiger partial charge in [-0.25, -0.2) is 4.98 Å². The third-order valence-electron chi connectivity index (χ3n) is 4.05. The second-order valence-corrected chi connectivity index (χ2v) is 6.63. The Kier molecular flexibility index (Phi) is 5.48. The summed E-state index contributed by atoms with van der Waals surface area (Å²) in [6, 6.07) is 18.3. The molecule has 0 bridgehead atoms. The Hall–Kier alpha value is -1.91. The molecule has 0 aliphatic carbocycles. The molecular weight excluding hydrogens is 366 g/mol. The summed E-state index contributed by atoms with van der Waals surface area (Å²) in [7, 11) is 1.72. The van der Waals surface area contributed by atoms with E-state index in [1.165, 1.54) is 5.56 Å². The van der Waals surface area contributed by atoms with Crippen molar-refractivity contribution in [2.45, 2.75) is 25.9 Å². The van der Waals surface area contributed by atoms with Crippen molar-refractivity contribution in [3.05, 3.63) is 76.1 Å². The van der Waals surface area contributed by atoms with Crippen molar-refractivity contribution in [3.8, 4) is 11.5 Å². The van der Waals surface area contributed by atoms with Gasteiger partial charge in [0.25, 0.3) is 0 Å². The van der Waals surface area contributed by atoms with Crippen LogP contribution in [-0.4, -0.2) is 12.1 Å². The molecule has 3 rings (SSSR count). The Labute approximate surface area is 150 Å². The second kappa shape index (κ2) is 7.77. The summed E-state index contributed by atoms with van der Waals surface area (Å²) < 4.78 is 12.6. The molecule has 2 aromatic carbocycles. The molecule has 3 aromatic rings. The minimum absolute atomic E-state index is 0.0742. The lowest BCUT2D eigenvalue weighted by molar-refractivity contribution is 0.0916. The second-order valence-electron chi connectivity index (χ2n) is 5.72. The number of hydrogen-bond donors (Lipinski definition) is 0. The standard InChI is InChI=1S/C20H20BrNO2/c1-14-19(22-20(24-14)16-6-4-3-5-7-16)18(23-2)13-10-15-8-11-17(21)12-9-15/h3-9,11-12,18H,10,13H2,1-2H3/t18-/m0/s1. The number of rotatable bonds is 6. The van der Waals surface area contributed by atoms with E-state index in [2.05, 4.69) is 45.2 Å². The van der Waals surface area contributed by atoms with Crippen LogP contribution in [0, 0.1) is 6.92 Å². The van der Waals surface area contributed by atoms with Gasteiger partial charge >= 0.3 is 0 Å². The van der Waals surface area contributed by atoms with Crippen molar-refractivity contribution in [3.63, 3.8) is 0 Å². The molecule has 0 radical (unpaired) electrons. The maximum atomic E-state index is 5.85. The number of methoxy groups -OCH3 is 1. The van der Waals surface area contributed by atoms with Crippen LogP contribution in [0.25, 0.3) is 11.5 Å². The molecule has 3 nitrogen and oxygen atoms in total. The minimum Gasteiger partial charge on any atom is -0.441 e. The average molecular weight is 386 g/mol. The molecule has 0 aliphatic heterocycles. The topological polar surface area (TPSA) is 35.3 Å². The van der Waals surface area contributed by atoms with Gasteiger partial charge < -0.3 is 9.15 Å².